The first kappa shape index (κ1) is 14.0. The number of rotatable bonds is 4. The Morgan fingerprint density at radius 1 is 1.32 bits per heavy atom. The van der Waals surface area contributed by atoms with E-state index in [4.69, 9.17) is 0 Å². The molecule has 0 bridgehead atoms. The lowest BCUT2D eigenvalue weighted by molar-refractivity contribution is 0.587. The summed E-state index contributed by atoms with van der Waals surface area (Å²) >= 11 is 3.26. The normalized spacial score (nSPS) is 12.1. The molecule has 0 amide bonds. The summed E-state index contributed by atoms with van der Waals surface area (Å²) in [5, 5.41) is 0.699. The van der Waals surface area contributed by atoms with Crippen LogP contribution in [-0.4, -0.2) is 22.7 Å². The Labute approximate surface area is 121 Å². The molecule has 0 saturated carbocycles. The lowest BCUT2D eigenvalue weighted by Gasteiger charge is -2.04. The van der Waals surface area contributed by atoms with E-state index in [1.807, 2.05) is 13.0 Å². The number of alkyl halides is 1. The largest absolute Gasteiger partial charge is 0.268 e. The Hall–Kier alpha value is -1.40. The van der Waals surface area contributed by atoms with E-state index in [-0.39, 0.29) is 4.90 Å². The fourth-order valence-electron chi connectivity index (χ4n) is 1.54. The van der Waals surface area contributed by atoms with Gasteiger partial charge in [-0.1, -0.05) is 39.7 Å². The van der Waals surface area contributed by atoms with Crippen LogP contribution in [-0.2, 0) is 10.0 Å². The lowest BCUT2D eigenvalue weighted by Crippen LogP contribution is -2.10. The summed E-state index contributed by atoms with van der Waals surface area (Å²) in [5.74, 6) is 0. The van der Waals surface area contributed by atoms with Crippen LogP contribution in [0.15, 0.2) is 47.8 Å². The number of benzene rings is 1. The maximum absolute atomic E-state index is 12.3. The number of imidazole rings is 1. The minimum Gasteiger partial charge on any atom is -0.236 e. The average Bonchev–Trinajstić information content (AvgIpc) is 2.86. The lowest BCUT2D eigenvalue weighted by atomic mass is 10.2. The van der Waals surface area contributed by atoms with Crippen LogP contribution in [0.25, 0.3) is 6.08 Å². The Balaban J connectivity index is 2.37. The van der Waals surface area contributed by atoms with Gasteiger partial charge in [0.15, 0.2) is 0 Å². The van der Waals surface area contributed by atoms with Gasteiger partial charge in [-0.15, -0.1) is 0 Å². The molecule has 0 aliphatic heterocycles. The van der Waals surface area contributed by atoms with Gasteiger partial charge in [0, 0.05) is 11.5 Å². The summed E-state index contributed by atoms with van der Waals surface area (Å²) in [6, 6.07) is 6.74. The van der Waals surface area contributed by atoms with E-state index in [0.29, 0.717) is 11.0 Å². The molecule has 0 atom stereocenters. The van der Waals surface area contributed by atoms with E-state index in [2.05, 4.69) is 20.9 Å². The number of nitrogens with zero attached hydrogens (tertiary/aromatic N) is 2. The van der Waals surface area contributed by atoms with Crippen LogP contribution >= 0.6 is 15.9 Å². The van der Waals surface area contributed by atoms with Crippen molar-refractivity contribution in [3.63, 3.8) is 0 Å². The van der Waals surface area contributed by atoms with Crippen LogP contribution in [0.5, 0.6) is 0 Å². The predicted molar refractivity (Wildman–Crippen MR) is 78.8 cm³/mol. The van der Waals surface area contributed by atoms with E-state index in [1.54, 1.807) is 30.3 Å². The van der Waals surface area contributed by atoms with E-state index in [9.17, 15) is 8.42 Å². The van der Waals surface area contributed by atoms with Crippen LogP contribution in [0.1, 0.15) is 11.3 Å². The molecule has 2 aromatic rings. The smallest absolute Gasteiger partial charge is 0.236 e. The molecule has 19 heavy (non-hydrogen) atoms. The standard InChI is InChI=1S/C13H13BrN2O2S/c1-11-4-6-13(7-5-11)19(17,18)16-9-12(15-10-16)3-2-8-14/h2-7,9-10H,8H2,1H3/b3-2+. The zero-order chi connectivity index (χ0) is 13.9. The maximum Gasteiger partial charge on any atom is 0.268 e. The van der Waals surface area contributed by atoms with Crippen molar-refractivity contribution in [1.82, 2.24) is 8.96 Å². The van der Waals surface area contributed by atoms with E-state index < -0.39 is 10.0 Å². The molecule has 6 heteroatoms. The summed E-state index contributed by atoms with van der Waals surface area (Å²) in [5.41, 5.74) is 1.63. The van der Waals surface area contributed by atoms with Gasteiger partial charge in [0.25, 0.3) is 10.0 Å². The van der Waals surface area contributed by atoms with Crippen LogP contribution in [0.4, 0.5) is 0 Å². The van der Waals surface area contributed by atoms with Crippen molar-refractivity contribution in [1.29, 1.82) is 0 Å². The van der Waals surface area contributed by atoms with Gasteiger partial charge in [0.1, 0.15) is 6.33 Å². The first-order valence-electron chi connectivity index (χ1n) is 5.63. The third kappa shape index (κ3) is 3.13. The number of halogens is 1. The van der Waals surface area contributed by atoms with Gasteiger partial charge in [0.2, 0.25) is 0 Å². The number of aromatic nitrogens is 2. The van der Waals surface area contributed by atoms with Crippen molar-refractivity contribution in [3.8, 4) is 0 Å². The van der Waals surface area contributed by atoms with Gasteiger partial charge >= 0.3 is 0 Å². The highest BCUT2D eigenvalue weighted by Gasteiger charge is 2.16. The summed E-state index contributed by atoms with van der Waals surface area (Å²) in [6.07, 6.45) is 6.42. The Bertz CT molecular complexity index is 688. The van der Waals surface area contributed by atoms with Crippen molar-refractivity contribution in [2.45, 2.75) is 11.8 Å². The van der Waals surface area contributed by atoms with Gasteiger partial charge < -0.3 is 0 Å². The van der Waals surface area contributed by atoms with Gasteiger partial charge in [-0.05, 0) is 25.1 Å². The monoisotopic (exact) mass is 340 g/mol. The summed E-state index contributed by atoms with van der Waals surface area (Å²) < 4.78 is 25.8. The molecule has 0 radical (unpaired) electrons. The zero-order valence-electron chi connectivity index (χ0n) is 10.3. The number of allylic oxidation sites excluding steroid dienone is 1. The molecule has 1 aromatic carbocycles. The Morgan fingerprint density at radius 2 is 2.00 bits per heavy atom. The Morgan fingerprint density at radius 3 is 2.63 bits per heavy atom. The van der Waals surface area contributed by atoms with Crippen LogP contribution < -0.4 is 0 Å². The topological polar surface area (TPSA) is 52.0 Å². The predicted octanol–water partition coefficient (Wildman–Crippen LogP) is 2.84. The second-order valence-electron chi connectivity index (χ2n) is 4.00. The number of hydrogen-bond acceptors (Lipinski definition) is 3. The Kier molecular flexibility index (Phi) is 4.21. The first-order valence-corrected chi connectivity index (χ1v) is 8.19. The van der Waals surface area contributed by atoms with E-state index in [0.717, 1.165) is 9.54 Å². The second-order valence-corrected chi connectivity index (χ2v) is 6.49. The van der Waals surface area contributed by atoms with Crippen molar-refractivity contribution < 1.29 is 8.42 Å². The second kappa shape index (κ2) is 5.71. The number of aryl methyl sites for hydroxylation is 1. The zero-order valence-corrected chi connectivity index (χ0v) is 12.7. The number of hydrogen-bond donors (Lipinski definition) is 0. The molecule has 0 unspecified atom stereocenters. The molecule has 2 rings (SSSR count). The molecule has 0 saturated heterocycles. The van der Waals surface area contributed by atoms with Crippen LogP contribution in [0.2, 0.25) is 0 Å². The van der Waals surface area contributed by atoms with Crippen molar-refractivity contribution in [2.75, 3.05) is 5.33 Å². The molecular formula is C13H13BrN2O2S. The molecule has 1 aromatic heterocycles. The average molecular weight is 341 g/mol. The van der Waals surface area contributed by atoms with Gasteiger partial charge in [-0.25, -0.2) is 17.4 Å². The van der Waals surface area contributed by atoms with E-state index >= 15 is 0 Å². The third-order valence-corrected chi connectivity index (χ3v) is 4.55. The van der Waals surface area contributed by atoms with Crippen LogP contribution in [0.3, 0.4) is 0 Å². The minimum atomic E-state index is -3.55. The molecule has 0 N–H and O–H groups in total. The van der Waals surface area contributed by atoms with Gasteiger partial charge in [-0.3, -0.25) is 0 Å². The van der Waals surface area contributed by atoms with Crippen molar-refractivity contribution in [2.24, 2.45) is 0 Å². The molecule has 0 aliphatic rings. The van der Waals surface area contributed by atoms with Gasteiger partial charge in [0.05, 0.1) is 10.6 Å². The highest BCUT2D eigenvalue weighted by atomic mass is 79.9. The van der Waals surface area contributed by atoms with Crippen LogP contribution in [0, 0.1) is 6.92 Å². The molecule has 0 spiro atoms. The quantitative estimate of drug-likeness (QED) is 0.804. The van der Waals surface area contributed by atoms with Crippen molar-refractivity contribution in [3.05, 3.63) is 54.1 Å². The molecule has 0 aliphatic carbocycles. The summed E-state index contributed by atoms with van der Waals surface area (Å²) in [7, 11) is -3.55. The molecular weight excluding hydrogens is 328 g/mol. The minimum absolute atomic E-state index is 0.256. The highest BCUT2D eigenvalue weighted by molar-refractivity contribution is 9.09. The fourth-order valence-corrected chi connectivity index (χ4v) is 2.86. The van der Waals surface area contributed by atoms with Gasteiger partial charge in [-0.2, -0.15) is 0 Å². The fraction of sp³-hybridized carbons (Fsp3) is 0.154. The first-order chi connectivity index (χ1) is 9.04. The highest BCUT2D eigenvalue weighted by Crippen LogP contribution is 2.15. The summed E-state index contributed by atoms with van der Waals surface area (Å²) in [4.78, 5) is 4.30. The molecule has 1 heterocycles. The van der Waals surface area contributed by atoms with E-state index in [1.165, 1.54) is 12.5 Å². The summed E-state index contributed by atoms with van der Waals surface area (Å²) in [6.45, 7) is 1.91. The third-order valence-electron chi connectivity index (χ3n) is 2.55. The SMILES string of the molecule is Cc1ccc(S(=O)(=O)n2cnc(/C=C/CBr)c2)cc1. The maximum atomic E-state index is 12.3. The molecule has 0 fully saturated rings. The van der Waals surface area contributed by atoms with Crippen molar-refractivity contribution >= 4 is 32.0 Å². The molecule has 4 nitrogen and oxygen atoms in total. The molecule has 100 valence electrons.